The molecule has 0 radical (unpaired) electrons. The van der Waals surface area contributed by atoms with Crippen molar-refractivity contribution in [2.45, 2.75) is 32.0 Å². The summed E-state index contributed by atoms with van der Waals surface area (Å²) in [6.07, 6.45) is 1.99. The summed E-state index contributed by atoms with van der Waals surface area (Å²) in [5, 5.41) is 0. The van der Waals surface area contributed by atoms with Crippen LogP contribution < -0.4 is 19.9 Å². The molecule has 138 valence electrons. The van der Waals surface area contributed by atoms with Gasteiger partial charge in [-0.15, -0.1) is 0 Å². The molecule has 2 aliphatic heterocycles. The van der Waals surface area contributed by atoms with Gasteiger partial charge in [-0.1, -0.05) is 6.07 Å². The molecule has 4 rings (SSSR count). The Morgan fingerprint density at radius 2 is 1.85 bits per heavy atom. The zero-order chi connectivity index (χ0) is 18.3. The largest absolute Gasteiger partial charge is 0.496 e. The number of hydrogen-bond acceptors (Lipinski definition) is 5. The molecule has 2 aromatic rings. The van der Waals surface area contributed by atoms with E-state index in [1.807, 2.05) is 6.07 Å². The molecule has 2 aromatic carbocycles. The molecule has 0 amide bonds. The maximum Gasteiger partial charge on any atom is 0.165 e. The summed E-state index contributed by atoms with van der Waals surface area (Å²) < 4.78 is 16.7. The van der Waals surface area contributed by atoms with E-state index in [0.29, 0.717) is 12.6 Å². The first kappa shape index (κ1) is 17.2. The SMILES string of the molecule is COc1cc2c(cc1CN)C1Cc3ccc(OC)c(OC)c3CN1CC2. The molecule has 0 spiro atoms. The van der Waals surface area contributed by atoms with E-state index in [2.05, 4.69) is 23.1 Å². The molecule has 0 fully saturated rings. The van der Waals surface area contributed by atoms with Gasteiger partial charge in [-0.3, -0.25) is 4.90 Å². The van der Waals surface area contributed by atoms with E-state index in [1.54, 1.807) is 21.3 Å². The lowest BCUT2D eigenvalue weighted by Gasteiger charge is -2.42. The Bertz CT molecular complexity index is 834. The Labute approximate surface area is 154 Å². The van der Waals surface area contributed by atoms with Gasteiger partial charge < -0.3 is 19.9 Å². The normalized spacial score (nSPS) is 18.5. The molecule has 26 heavy (non-hydrogen) atoms. The van der Waals surface area contributed by atoms with Crippen molar-refractivity contribution < 1.29 is 14.2 Å². The second kappa shape index (κ2) is 6.82. The molecule has 0 aliphatic carbocycles. The van der Waals surface area contributed by atoms with Gasteiger partial charge in [0.05, 0.1) is 21.3 Å². The van der Waals surface area contributed by atoms with Crippen LogP contribution in [0.15, 0.2) is 24.3 Å². The summed E-state index contributed by atoms with van der Waals surface area (Å²) in [4.78, 5) is 2.54. The van der Waals surface area contributed by atoms with Gasteiger partial charge in [0.2, 0.25) is 0 Å². The summed E-state index contributed by atoms with van der Waals surface area (Å²) in [6.45, 7) is 2.40. The van der Waals surface area contributed by atoms with E-state index in [4.69, 9.17) is 19.9 Å². The molecule has 5 nitrogen and oxygen atoms in total. The van der Waals surface area contributed by atoms with Crippen LogP contribution >= 0.6 is 0 Å². The van der Waals surface area contributed by atoms with Crippen LogP contribution in [0.2, 0.25) is 0 Å². The quantitative estimate of drug-likeness (QED) is 0.915. The summed E-state index contributed by atoms with van der Waals surface area (Å²) in [7, 11) is 5.12. The zero-order valence-corrected chi connectivity index (χ0v) is 15.7. The lowest BCUT2D eigenvalue weighted by molar-refractivity contribution is 0.157. The number of nitrogens with zero attached hydrogens (tertiary/aromatic N) is 1. The minimum atomic E-state index is 0.376. The molecule has 1 atom stereocenters. The Morgan fingerprint density at radius 3 is 2.54 bits per heavy atom. The van der Waals surface area contributed by atoms with Crippen molar-refractivity contribution >= 4 is 0 Å². The number of rotatable bonds is 4. The maximum atomic E-state index is 5.95. The molecule has 2 N–H and O–H groups in total. The van der Waals surface area contributed by atoms with Gasteiger partial charge in [0.25, 0.3) is 0 Å². The van der Waals surface area contributed by atoms with E-state index in [-0.39, 0.29) is 0 Å². The molecule has 2 aliphatic rings. The lowest BCUT2D eigenvalue weighted by Crippen LogP contribution is -2.39. The number of ether oxygens (including phenoxy) is 3. The van der Waals surface area contributed by atoms with Gasteiger partial charge in [-0.2, -0.15) is 0 Å². The average Bonchev–Trinajstić information content (AvgIpc) is 2.70. The average molecular weight is 354 g/mol. The van der Waals surface area contributed by atoms with Crippen molar-refractivity contribution in [1.82, 2.24) is 4.90 Å². The molecular weight excluding hydrogens is 328 g/mol. The van der Waals surface area contributed by atoms with E-state index in [9.17, 15) is 0 Å². The molecule has 2 heterocycles. The molecule has 1 unspecified atom stereocenters. The van der Waals surface area contributed by atoms with Crippen LogP contribution in [0.4, 0.5) is 0 Å². The first-order chi connectivity index (χ1) is 12.7. The summed E-state index contributed by atoms with van der Waals surface area (Å²) in [6, 6.07) is 8.99. The van der Waals surface area contributed by atoms with Crippen LogP contribution in [0.5, 0.6) is 17.2 Å². The standard InChI is InChI=1S/C21H26N2O3/c1-24-19-5-4-13-9-18-16-8-15(11-22)20(25-2)10-14(16)6-7-23(18)12-17(13)21(19)26-3/h4-5,8,10,18H,6-7,9,11-12,22H2,1-3H3. The second-order valence-electron chi connectivity index (χ2n) is 6.95. The van der Waals surface area contributed by atoms with Gasteiger partial charge in [-0.25, -0.2) is 0 Å². The Kier molecular flexibility index (Phi) is 4.51. The van der Waals surface area contributed by atoms with Crippen molar-refractivity contribution in [1.29, 1.82) is 0 Å². The fourth-order valence-electron chi connectivity index (χ4n) is 4.41. The number of hydrogen-bond donors (Lipinski definition) is 1. The zero-order valence-electron chi connectivity index (χ0n) is 15.7. The van der Waals surface area contributed by atoms with Crippen molar-refractivity contribution in [3.05, 3.63) is 52.1 Å². The fraction of sp³-hybridized carbons (Fsp3) is 0.429. The predicted molar refractivity (Wildman–Crippen MR) is 101 cm³/mol. The summed E-state index contributed by atoms with van der Waals surface area (Å²) >= 11 is 0. The third-order valence-electron chi connectivity index (χ3n) is 5.75. The first-order valence-electron chi connectivity index (χ1n) is 9.06. The Hall–Kier alpha value is -2.24. The third-order valence-corrected chi connectivity index (χ3v) is 5.75. The highest BCUT2D eigenvalue weighted by molar-refractivity contribution is 5.53. The highest BCUT2D eigenvalue weighted by Gasteiger charge is 2.34. The smallest absolute Gasteiger partial charge is 0.165 e. The van der Waals surface area contributed by atoms with Gasteiger partial charge in [0.15, 0.2) is 11.5 Å². The minimum absolute atomic E-state index is 0.376. The van der Waals surface area contributed by atoms with Crippen LogP contribution in [0.1, 0.15) is 33.9 Å². The second-order valence-corrected chi connectivity index (χ2v) is 6.95. The minimum Gasteiger partial charge on any atom is -0.496 e. The van der Waals surface area contributed by atoms with Crippen molar-refractivity contribution in [2.24, 2.45) is 5.73 Å². The predicted octanol–water partition coefficient (Wildman–Crippen LogP) is 2.83. The first-order valence-corrected chi connectivity index (χ1v) is 9.06. The third kappa shape index (κ3) is 2.63. The van der Waals surface area contributed by atoms with Crippen LogP contribution in [0, 0.1) is 0 Å². The summed E-state index contributed by atoms with van der Waals surface area (Å²) in [5.41, 5.74) is 12.4. The monoisotopic (exact) mass is 354 g/mol. The molecule has 0 saturated carbocycles. The number of benzene rings is 2. The molecule has 0 saturated heterocycles. The van der Waals surface area contributed by atoms with Crippen molar-refractivity contribution in [3.63, 3.8) is 0 Å². The van der Waals surface area contributed by atoms with Gasteiger partial charge >= 0.3 is 0 Å². The van der Waals surface area contributed by atoms with Crippen molar-refractivity contribution in [3.8, 4) is 17.2 Å². The molecule has 0 bridgehead atoms. The summed E-state index contributed by atoms with van der Waals surface area (Å²) in [5.74, 6) is 2.58. The van der Waals surface area contributed by atoms with E-state index in [1.165, 1.54) is 22.3 Å². The number of nitrogens with two attached hydrogens (primary N) is 1. The van der Waals surface area contributed by atoms with Gasteiger partial charge in [-0.05, 0) is 47.7 Å². The topological polar surface area (TPSA) is 57.0 Å². The number of fused-ring (bicyclic) bond motifs is 4. The molecular formula is C21H26N2O3. The Balaban J connectivity index is 1.76. The highest BCUT2D eigenvalue weighted by atomic mass is 16.5. The molecule has 5 heteroatoms. The molecule has 0 aromatic heterocycles. The lowest BCUT2D eigenvalue weighted by atomic mass is 9.83. The number of methoxy groups -OCH3 is 3. The van der Waals surface area contributed by atoms with Crippen LogP contribution in [-0.4, -0.2) is 32.8 Å². The Morgan fingerprint density at radius 1 is 1.04 bits per heavy atom. The van der Waals surface area contributed by atoms with E-state index < -0.39 is 0 Å². The van der Waals surface area contributed by atoms with Crippen molar-refractivity contribution in [2.75, 3.05) is 27.9 Å². The highest BCUT2D eigenvalue weighted by Crippen LogP contribution is 2.44. The fourth-order valence-corrected chi connectivity index (χ4v) is 4.41. The van der Waals surface area contributed by atoms with Crippen LogP contribution in [-0.2, 0) is 25.9 Å². The van der Waals surface area contributed by atoms with Crippen LogP contribution in [0.3, 0.4) is 0 Å². The van der Waals surface area contributed by atoms with E-state index in [0.717, 1.165) is 48.7 Å². The van der Waals surface area contributed by atoms with E-state index >= 15 is 0 Å². The van der Waals surface area contributed by atoms with Crippen LogP contribution in [0.25, 0.3) is 0 Å². The maximum absolute atomic E-state index is 5.95. The van der Waals surface area contributed by atoms with Gasteiger partial charge in [0.1, 0.15) is 5.75 Å². The van der Waals surface area contributed by atoms with Gasteiger partial charge in [0, 0.05) is 36.8 Å².